The Morgan fingerprint density at radius 1 is 1.18 bits per heavy atom. The molecule has 0 radical (unpaired) electrons. The molecule has 0 unspecified atom stereocenters. The lowest BCUT2D eigenvalue weighted by Gasteiger charge is -2.13. The normalized spacial score (nSPS) is 19.6. The molecule has 4 aromatic rings. The quantitative estimate of drug-likeness (QED) is 0.410. The van der Waals surface area contributed by atoms with Crippen LogP contribution < -0.4 is 16.8 Å². The number of aromatic nitrogens is 5. The van der Waals surface area contributed by atoms with Gasteiger partial charge in [-0.05, 0) is 35.9 Å². The van der Waals surface area contributed by atoms with Crippen LogP contribution in [0.2, 0.25) is 0 Å². The first-order valence-electron chi connectivity index (χ1n) is 10.5. The van der Waals surface area contributed by atoms with Gasteiger partial charge in [-0.3, -0.25) is 14.5 Å². The highest BCUT2D eigenvalue weighted by Gasteiger charge is 2.54. The zero-order valence-corrected chi connectivity index (χ0v) is 18.4. The largest absolute Gasteiger partial charge is 0.397 e. The average Bonchev–Trinajstić information content (AvgIpc) is 3.27. The summed E-state index contributed by atoms with van der Waals surface area (Å²) in [6, 6.07) is 3.36. The Morgan fingerprint density at radius 3 is 2.70 bits per heavy atom. The maximum Gasteiger partial charge on any atom is 0.229 e. The van der Waals surface area contributed by atoms with E-state index in [0.29, 0.717) is 39.0 Å². The zero-order valence-electron chi connectivity index (χ0n) is 18.4. The number of carbonyl (C=O) groups is 1. The second-order valence-electron chi connectivity index (χ2n) is 8.56. The van der Waals surface area contributed by atoms with Crippen LogP contribution in [0.25, 0.3) is 21.9 Å². The Morgan fingerprint density at radius 2 is 1.97 bits per heavy atom. The average molecular weight is 446 g/mol. The van der Waals surface area contributed by atoms with Crippen molar-refractivity contribution in [3.63, 3.8) is 0 Å². The molecule has 1 aliphatic carbocycles. The van der Waals surface area contributed by atoms with Crippen LogP contribution >= 0.6 is 0 Å². The summed E-state index contributed by atoms with van der Waals surface area (Å²) < 4.78 is 16.7. The maximum atomic E-state index is 15.1. The van der Waals surface area contributed by atoms with Gasteiger partial charge < -0.3 is 16.8 Å². The fourth-order valence-corrected chi connectivity index (χ4v) is 4.42. The molecule has 0 bridgehead atoms. The molecule has 0 spiro atoms. The van der Waals surface area contributed by atoms with Crippen molar-refractivity contribution in [2.24, 2.45) is 18.9 Å². The molecule has 1 aromatic carbocycles. The third-order valence-corrected chi connectivity index (χ3v) is 6.44. The lowest BCUT2D eigenvalue weighted by molar-refractivity contribution is -0.117. The van der Waals surface area contributed by atoms with E-state index in [0.717, 1.165) is 5.69 Å². The van der Waals surface area contributed by atoms with Crippen molar-refractivity contribution in [1.29, 1.82) is 0 Å². The van der Waals surface area contributed by atoms with Gasteiger partial charge >= 0.3 is 0 Å². The first-order valence-corrected chi connectivity index (χ1v) is 10.5. The Kier molecular flexibility index (Phi) is 4.73. The molecule has 3 atom stereocenters. The summed E-state index contributed by atoms with van der Waals surface area (Å²) in [4.78, 5) is 21.3. The van der Waals surface area contributed by atoms with E-state index in [1.807, 2.05) is 13.1 Å². The van der Waals surface area contributed by atoms with Gasteiger partial charge in [0, 0.05) is 48.1 Å². The zero-order chi connectivity index (χ0) is 23.4. The van der Waals surface area contributed by atoms with Crippen LogP contribution in [0.3, 0.4) is 0 Å². The number of benzene rings is 1. The summed E-state index contributed by atoms with van der Waals surface area (Å²) in [7, 11) is 1.79. The molecule has 5 rings (SSSR count). The fraction of sp³-hybridized carbons (Fsp3) is 0.261. The molecular formula is C23H23FN8O. The number of halogens is 1. The highest BCUT2D eigenvalue weighted by atomic mass is 19.1. The summed E-state index contributed by atoms with van der Waals surface area (Å²) in [5.74, 6) is -0.378. The Hall–Kier alpha value is -4.08. The summed E-state index contributed by atoms with van der Waals surface area (Å²) in [5.41, 5.74) is 14.8. The van der Waals surface area contributed by atoms with E-state index in [1.54, 1.807) is 37.0 Å². The second kappa shape index (κ2) is 7.51. The predicted octanol–water partition coefficient (Wildman–Crippen LogP) is 3.03. The van der Waals surface area contributed by atoms with Gasteiger partial charge in [-0.15, -0.1) is 5.10 Å². The van der Waals surface area contributed by atoms with Crippen molar-refractivity contribution in [2.75, 3.05) is 16.8 Å². The van der Waals surface area contributed by atoms with Crippen molar-refractivity contribution in [1.82, 2.24) is 25.0 Å². The van der Waals surface area contributed by atoms with Crippen molar-refractivity contribution >= 4 is 33.9 Å². The highest BCUT2D eigenvalue weighted by Crippen LogP contribution is 2.53. The Labute approximate surface area is 189 Å². The van der Waals surface area contributed by atoms with E-state index in [4.69, 9.17) is 11.5 Å². The van der Waals surface area contributed by atoms with E-state index < -0.39 is 5.82 Å². The van der Waals surface area contributed by atoms with Crippen LogP contribution in [0.5, 0.6) is 0 Å². The summed E-state index contributed by atoms with van der Waals surface area (Å²) in [5, 5.41) is 12.1. The van der Waals surface area contributed by atoms with Gasteiger partial charge in [0.05, 0.1) is 29.2 Å². The van der Waals surface area contributed by atoms with E-state index in [-0.39, 0.29) is 29.3 Å². The van der Waals surface area contributed by atoms with Crippen LogP contribution in [0, 0.1) is 24.6 Å². The van der Waals surface area contributed by atoms with Crippen molar-refractivity contribution in [3.8, 4) is 11.1 Å². The monoisotopic (exact) mass is 446 g/mol. The number of rotatable bonds is 4. The number of pyridine rings is 2. The van der Waals surface area contributed by atoms with Crippen molar-refractivity contribution in [2.45, 2.75) is 19.8 Å². The molecule has 0 aliphatic heterocycles. The van der Waals surface area contributed by atoms with Gasteiger partial charge in [-0.1, -0.05) is 12.1 Å². The van der Waals surface area contributed by atoms with E-state index in [2.05, 4.69) is 25.6 Å². The molecule has 1 aliphatic rings. The third kappa shape index (κ3) is 3.43. The topological polar surface area (TPSA) is 138 Å². The number of anilines is 3. The molecule has 3 heterocycles. The van der Waals surface area contributed by atoms with Gasteiger partial charge in [0.15, 0.2) is 5.82 Å². The molecule has 1 fully saturated rings. The highest BCUT2D eigenvalue weighted by molar-refractivity contribution is 6.01. The number of carbonyl (C=O) groups excluding carboxylic acids is 1. The number of fused-ring (bicyclic) bond motifs is 1. The minimum Gasteiger partial charge on any atom is -0.397 e. The minimum atomic E-state index is -0.560. The molecule has 1 saturated carbocycles. The first kappa shape index (κ1) is 20.8. The van der Waals surface area contributed by atoms with Gasteiger partial charge in [0.2, 0.25) is 5.91 Å². The number of amides is 1. The molecule has 10 heteroatoms. The van der Waals surface area contributed by atoms with Crippen molar-refractivity contribution in [3.05, 3.63) is 54.0 Å². The van der Waals surface area contributed by atoms with E-state index in [9.17, 15) is 4.79 Å². The fourth-order valence-electron chi connectivity index (χ4n) is 4.42. The molecule has 9 nitrogen and oxygen atoms in total. The molecule has 168 valence electrons. The minimum absolute atomic E-state index is 0.0202. The van der Waals surface area contributed by atoms with Gasteiger partial charge in [-0.25, -0.2) is 9.37 Å². The molecule has 33 heavy (non-hydrogen) atoms. The molecule has 0 saturated heterocycles. The number of nitrogens with two attached hydrogens (primary N) is 2. The number of nitrogens with zero attached hydrogens (tertiary/aromatic N) is 5. The maximum absolute atomic E-state index is 15.1. The number of nitrogen functional groups attached to an aromatic ring is 2. The number of hydrogen-bond acceptors (Lipinski definition) is 7. The van der Waals surface area contributed by atoms with Crippen LogP contribution in [0.15, 0.2) is 36.9 Å². The molecular weight excluding hydrogens is 423 g/mol. The lowest BCUT2D eigenvalue weighted by Crippen LogP contribution is -2.16. The smallest absolute Gasteiger partial charge is 0.229 e. The van der Waals surface area contributed by atoms with E-state index >= 15 is 4.39 Å². The van der Waals surface area contributed by atoms with Crippen molar-refractivity contribution < 1.29 is 9.18 Å². The first-order chi connectivity index (χ1) is 15.8. The van der Waals surface area contributed by atoms with Crippen LogP contribution in [-0.4, -0.2) is 30.9 Å². The molecule has 1 amide bonds. The molecule has 3 aromatic heterocycles. The van der Waals surface area contributed by atoms with Gasteiger partial charge in [-0.2, -0.15) is 0 Å². The number of hydrogen-bond donors (Lipinski definition) is 3. The van der Waals surface area contributed by atoms with Crippen LogP contribution in [0.4, 0.5) is 21.6 Å². The summed E-state index contributed by atoms with van der Waals surface area (Å²) in [6.45, 7) is 3.81. The van der Waals surface area contributed by atoms with Crippen LogP contribution in [0.1, 0.15) is 24.1 Å². The number of aryl methyl sites for hydroxylation is 1. The molecule has 5 N–H and O–H groups in total. The second-order valence-corrected chi connectivity index (χ2v) is 8.56. The SMILES string of the molecule is Cc1c(N)cncc1-c1cc2cc(NC(=O)[C@H]3[C@H](C)[C@@H]3c3cn(C)nn3)ncc2c(N)c1F. The Bertz CT molecular complexity index is 1420. The number of nitrogens with one attached hydrogen (secondary N) is 1. The predicted molar refractivity (Wildman–Crippen MR) is 124 cm³/mol. The van der Waals surface area contributed by atoms with Gasteiger partial charge in [0.1, 0.15) is 5.82 Å². The lowest BCUT2D eigenvalue weighted by atomic mass is 9.97. The third-order valence-electron chi connectivity index (χ3n) is 6.44. The standard InChI is InChI=1S/C23H23FN8O/c1-10-14(6-27-8-16(10)25)13-4-12-5-18(28-7-15(12)22(26)21(13)24)29-23(33)20-11(2)19(20)17-9-32(3)31-30-17/h4-9,11,19-20H,25-26H2,1-3H3,(H,28,29,33)/t11-,19-,20+/m1/s1. The van der Waals surface area contributed by atoms with Gasteiger partial charge in [0.25, 0.3) is 0 Å². The van der Waals surface area contributed by atoms with E-state index in [1.165, 1.54) is 12.4 Å². The summed E-state index contributed by atoms with van der Waals surface area (Å²) in [6.07, 6.45) is 6.37. The van der Waals surface area contributed by atoms with Crippen LogP contribution in [-0.2, 0) is 11.8 Å². The Balaban J connectivity index is 1.46. The summed E-state index contributed by atoms with van der Waals surface area (Å²) >= 11 is 0.